The van der Waals surface area contributed by atoms with E-state index in [1.165, 1.54) is 4.88 Å². The highest BCUT2D eigenvalue weighted by atomic mass is 32.1. The number of rotatable bonds is 4. The molecular formula is C11H16OS. The fourth-order valence-electron chi connectivity index (χ4n) is 0.876. The molecule has 13 heavy (non-hydrogen) atoms. The topological polar surface area (TPSA) is 9.23 Å². The fourth-order valence-corrected chi connectivity index (χ4v) is 1.67. The van der Waals surface area contributed by atoms with Crippen molar-refractivity contribution in [3.8, 4) is 5.06 Å². The third-order valence-corrected chi connectivity index (χ3v) is 2.72. The van der Waals surface area contributed by atoms with Crippen LogP contribution in [0.4, 0.5) is 0 Å². The highest BCUT2D eigenvalue weighted by molar-refractivity contribution is 7.14. The monoisotopic (exact) mass is 196 g/mol. The minimum atomic E-state index is 0.579. The van der Waals surface area contributed by atoms with E-state index in [1.807, 2.05) is 13.0 Å². The Balaban J connectivity index is 2.54. The van der Waals surface area contributed by atoms with Gasteiger partial charge in [0.15, 0.2) is 5.06 Å². The molecule has 0 unspecified atom stereocenters. The van der Waals surface area contributed by atoms with E-state index in [2.05, 4.69) is 26.5 Å². The number of thiophene rings is 1. The summed E-state index contributed by atoms with van der Waals surface area (Å²) in [7, 11) is 0. The van der Waals surface area contributed by atoms with Crippen LogP contribution in [0.5, 0.6) is 5.06 Å². The smallest absolute Gasteiger partial charge is 0.174 e. The van der Waals surface area contributed by atoms with Crippen molar-refractivity contribution in [1.29, 1.82) is 0 Å². The lowest BCUT2D eigenvalue weighted by molar-refractivity contribution is 0.278. The fraction of sp³-hybridized carbons (Fsp3) is 0.455. The maximum Gasteiger partial charge on any atom is 0.174 e. The Morgan fingerprint density at radius 3 is 2.69 bits per heavy atom. The number of hydrogen-bond donors (Lipinski definition) is 0. The van der Waals surface area contributed by atoms with Gasteiger partial charge >= 0.3 is 0 Å². The van der Waals surface area contributed by atoms with Crippen LogP contribution < -0.4 is 4.74 Å². The Kier molecular flexibility index (Phi) is 3.55. The highest BCUT2D eigenvalue weighted by Gasteiger charge is 2.02. The summed E-state index contributed by atoms with van der Waals surface area (Å²) in [5, 5.41) is 0.992. The van der Waals surface area contributed by atoms with E-state index >= 15 is 0 Å². The van der Waals surface area contributed by atoms with E-state index in [4.69, 9.17) is 4.74 Å². The molecule has 2 heteroatoms. The van der Waals surface area contributed by atoms with Gasteiger partial charge in [-0.05, 0) is 30.5 Å². The Labute approximate surface area is 84.1 Å². The van der Waals surface area contributed by atoms with Gasteiger partial charge in [0.05, 0.1) is 6.61 Å². The van der Waals surface area contributed by atoms with Gasteiger partial charge in [-0.25, -0.2) is 0 Å². The van der Waals surface area contributed by atoms with Gasteiger partial charge in [-0.15, -0.1) is 0 Å². The molecule has 1 aromatic heterocycles. The average molecular weight is 196 g/mol. The highest BCUT2D eigenvalue weighted by Crippen LogP contribution is 2.28. The van der Waals surface area contributed by atoms with E-state index in [9.17, 15) is 0 Å². The molecule has 1 nitrogen and oxygen atoms in total. The Morgan fingerprint density at radius 1 is 1.54 bits per heavy atom. The van der Waals surface area contributed by atoms with E-state index < -0.39 is 0 Å². The summed E-state index contributed by atoms with van der Waals surface area (Å²) in [6.45, 7) is 11.0. The summed E-state index contributed by atoms with van der Waals surface area (Å²) < 4.78 is 5.58. The molecule has 0 fully saturated rings. The van der Waals surface area contributed by atoms with Crippen molar-refractivity contribution in [2.24, 2.45) is 5.92 Å². The molecule has 0 bridgehead atoms. The summed E-state index contributed by atoms with van der Waals surface area (Å²) in [4.78, 5) is 1.21. The summed E-state index contributed by atoms with van der Waals surface area (Å²) in [6.07, 6.45) is 0. The van der Waals surface area contributed by atoms with Gasteiger partial charge in [0.2, 0.25) is 0 Å². The van der Waals surface area contributed by atoms with Crippen molar-refractivity contribution >= 4 is 16.9 Å². The van der Waals surface area contributed by atoms with Crippen LogP contribution in [0.1, 0.15) is 25.6 Å². The van der Waals surface area contributed by atoms with Crippen LogP contribution in [0.3, 0.4) is 0 Å². The number of hydrogen-bond acceptors (Lipinski definition) is 2. The maximum absolute atomic E-state index is 5.58. The van der Waals surface area contributed by atoms with Crippen molar-refractivity contribution < 1.29 is 4.74 Å². The van der Waals surface area contributed by atoms with Gasteiger partial charge < -0.3 is 4.74 Å². The SMILES string of the molecule is C=C(C)c1ccc(OCC(C)C)s1. The predicted octanol–water partition coefficient (Wildman–Crippen LogP) is 3.82. The minimum absolute atomic E-state index is 0.579. The summed E-state index contributed by atoms with van der Waals surface area (Å²) in [5.74, 6) is 0.579. The van der Waals surface area contributed by atoms with E-state index in [1.54, 1.807) is 11.3 Å². The zero-order valence-electron chi connectivity index (χ0n) is 8.46. The Bertz CT molecular complexity index is 286. The van der Waals surface area contributed by atoms with E-state index in [0.29, 0.717) is 5.92 Å². The molecule has 0 aliphatic heterocycles. The molecule has 0 aliphatic rings. The quantitative estimate of drug-likeness (QED) is 0.711. The van der Waals surface area contributed by atoms with Crippen molar-refractivity contribution in [2.45, 2.75) is 20.8 Å². The predicted molar refractivity (Wildman–Crippen MR) is 59.4 cm³/mol. The lowest BCUT2D eigenvalue weighted by Crippen LogP contribution is -2.02. The van der Waals surface area contributed by atoms with Crippen molar-refractivity contribution in [3.63, 3.8) is 0 Å². The first-order chi connectivity index (χ1) is 6.09. The van der Waals surface area contributed by atoms with Crippen molar-refractivity contribution in [3.05, 3.63) is 23.6 Å². The van der Waals surface area contributed by atoms with E-state index in [-0.39, 0.29) is 0 Å². The van der Waals surface area contributed by atoms with Crippen molar-refractivity contribution in [1.82, 2.24) is 0 Å². The van der Waals surface area contributed by atoms with Crippen LogP contribution in [0, 0.1) is 5.92 Å². The number of ether oxygens (including phenoxy) is 1. The first-order valence-corrected chi connectivity index (χ1v) is 5.29. The maximum atomic E-state index is 5.58. The molecule has 1 heterocycles. The molecular weight excluding hydrogens is 180 g/mol. The van der Waals surface area contributed by atoms with Crippen LogP contribution in [-0.2, 0) is 0 Å². The zero-order chi connectivity index (χ0) is 9.84. The normalized spacial score (nSPS) is 10.5. The molecule has 0 amide bonds. The van der Waals surface area contributed by atoms with Gasteiger partial charge in [-0.2, -0.15) is 0 Å². The van der Waals surface area contributed by atoms with Gasteiger partial charge in [0, 0.05) is 4.88 Å². The molecule has 0 aromatic carbocycles. The van der Waals surface area contributed by atoms with Crippen LogP contribution in [0.15, 0.2) is 18.7 Å². The third-order valence-electron chi connectivity index (χ3n) is 1.56. The molecule has 72 valence electrons. The molecule has 1 rings (SSSR count). The first-order valence-electron chi connectivity index (χ1n) is 4.48. The lowest BCUT2D eigenvalue weighted by Gasteiger charge is -2.04. The first kappa shape index (κ1) is 10.3. The standard InChI is InChI=1S/C11H16OS/c1-8(2)7-12-11-6-5-10(13-11)9(3)4/h5-6,8H,3,7H2,1-2,4H3. The number of allylic oxidation sites excluding steroid dienone is 1. The Morgan fingerprint density at radius 2 is 2.23 bits per heavy atom. The molecule has 1 aromatic rings. The van der Waals surface area contributed by atoms with Gasteiger partial charge in [0.1, 0.15) is 0 Å². The van der Waals surface area contributed by atoms with Crippen molar-refractivity contribution in [2.75, 3.05) is 6.61 Å². The molecule has 0 aliphatic carbocycles. The van der Waals surface area contributed by atoms with Gasteiger partial charge in [-0.3, -0.25) is 0 Å². The minimum Gasteiger partial charge on any atom is -0.484 e. The van der Waals surface area contributed by atoms with Gasteiger partial charge in [0.25, 0.3) is 0 Å². The van der Waals surface area contributed by atoms with Crippen LogP contribution >= 0.6 is 11.3 Å². The zero-order valence-corrected chi connectivity index (χ0v) is 9.28. The summed E-state index contributed by atoms with van der Waals surface area (Å²) in [5.41, 5.74) is 1.10. The van der Waals surface area contributed by atoms with Crippen LogP contribution in [0.25, 0.3) is 5.57 Å². The largest absolute Gasteiger partial charge is 0.484 e. The second-order valence-corrected chi connectivity index (χ2v) is 4.65. The molecule has 0 saturated heterocycles. The average Bonchev–Trinajstić information content (AvgIpc) is 2.48. The van der Waals surface area contributed by atoms with Crippen LogP contribution in [-0.4, -0.2) is 6.61 Å². The Hall–Kier alpha value is -0.760. The second kappa shape index (κ2) is 4.47. The van der Waals surface area contributed by atoms with E-state index in [0.717, 1.165) is 17.2 Å². The lowest BCUT2D eigenvalue weighted by atomic mass is 10.2. The third kappa shape index (κ3) is 3.23. The van der Waals surface area contributed by atoms with Gasteiger partial charge in [-0.1, -0.05) is 31.8 Å². The summed E-state index contributed by atoms with van der Waals surface area (Å²) in [6, 6.07) is 4.07. The van der Waals surface area contributed by atoms with Crippen LogP contribution in [0.2, 0.25) is 0 Å². The molecule has 0 radical (unpaired) electrons. The molecule has 0 spiro atoms. The molecule has 0 saturated carbocycles. The molecule has 0 atom stereocenters. The molecule has 0 N–H and O–H groups in total. The second-order valence-electron chi connectivity index (χ2n) is 3.60. The summed E-state index contributed by atoms with van der Waals surface area (Å²) >= 11 is 1.66.